The van der Waals surface area contributed by atoms with Gasteiger partial charge in [0.05, 0.1) is 13.2 Å². The molecule has 0 atom stereocenters. The lowest BCUT2D eigenvalue weighted by molar-refractivity contribution is -0.0869. The Bertz CT molecular complexity index is 286. The lowest BCUT2D eigenvalue weighted by Gasteiger charge is -2.12. The third-order valence-electron chi connectivity index (χ3n) is 1.72. The van der Waals surface area contributed by atoms with E-state index in [1.807, 2.05) is 38.2 Å². The van der Waals surface area contributed by atoms with Crippen LogP contribution in [-0.4, -0.2) is 27.6 Å². The molecule has 0 radical (unpaired) electrons. The van der Waals surface area contributed by atoms with Gasteiger partial charge >= 0.3 is 0 Å². The van der Waals surface area contributed by atoms with Gasteiger partial charge in [0.1, 0.15) is 8.07 Å². The highest BCUT2D eigenvalue weighted by Crippen LogP contribution is 2.00. The number of hydrogen-bond acceptors (Lipinski definition) is 2. The number of ether oxygens (including phenoxy) is 2. The first-order valence-electron chi connectivity index (χ1n) is 5.98. The van der Waals surface area contributed by atoms with Crippen LogP contribution in [0.25, 0.3) is 0 Å². The Labute approximate surface area is 107 Å². The summed E-state index contributed by atoms with van der Waals surface area (Å²) in [4.78, 5) is 0. The summed E-state index contributed by atoms with van der Waals surface area (Å²) in [6, 6.07) is 0. The Morgan fingerprint density at radius 1 is 1.00 bits per heavy atom. The lowest BCUT2D eigenvalue weighted by Crippen LogP contribution is -2.20. The Morgan fingerprint density at radius 2 is 1.47 bits per heavy atom. The first-order valence-corrected chi connectivity index (χ1v) is 9.48. The zero-order valence-electron chi connectivity index (χ0n) is 11.6. The summed E-state index contributed by atoms with van der Waals surface area (Å²) in [7, 11) is -1.37. The average molecular weight is 252 g/mol. The highest BCUT2D eigenvalue weighted by Gasteiger charge is 2.10. The zero-order valence-corrected chi connectivity index (χ0v) is 12.6. The minimum absolute atomic E-state index is 0.422. The van der Waals surface area contributed by atoms with Crippen molar-refractivity contribution in [3.8, 4) is 11.5 Å². The normalized spacial score (nSPS) is 12.4. The monoisotopic (exact) mass is 252 g/mol. The average Bonchev–Trinajstić information content (AvgIpc) is 2.24. The van der Waals surface area contributed by atoms with Crippen LogP contribution in [0.15, 0.2) is 24.3 Å². The lowest BCUT2D eigenvalue weighted by atomic mass is 10.5. The Morgan fingerprint density at radius 3 is 1.82 bits per heavy atom. The minimum Gasteiger partial charge on any atom is -0.338 e. The maximum absolute atomic E-state index is 5.53. The molecule has 0 aromatic carbocycles. The molecule has 0 spiro atoms. The molecule has 0 aromatic rings. The second kappa shape index (κ2) is 9.23. The summed E-state index contributed by atoms with van der Waals surface area (Å²) < 4.78 is 11.1. The Balaban J connectivity index is 4.32. The van der Waals surface area contributed by atoms with E-state index in [0.717, 1.165) is 0 Å². The molecule has 0 fully saturated rings. The number of hydrogen-bond donors (Lipinski definition) is 0. The molecular formula is C14H24O2Si. The van der Waals surface area contributed by atoms with Crippen molar-refractivity contribution < 1.29 is 9.47 Å². The van der Waals surface area contributed by atoms with E-state index in [-0.39, 0.29) is 0 Å². The second-order valence-corrected chi connectivity index (χ2v) is 9.41. The van der Waals surface area contributed by atoms with E-state index in [0.29, 0.717) is 13.2 Å². The quantitative estimate of drug-likeness (QED) is 0.312. The van der Waals surface area contributed by atoms with Crippen LogP contribution in [-0.2, 0) is 9.47 Å². The summed E-state index contributed by atoms with van der Waals surface area (Å²) in [5.41, 5.74) is 3.27. The number of rotatable bonds is 6. The van der Waals surface area contributed by atoms with Crippen molar-refractivity contribution in [1.29, 1.82) is 0 Å². The Hall–Kier alpha value is -0.823. The van der Waals surface area contributed by atoms with Crippen molar-refractivity contribution in [3.63, 3.8) is 0 Å². The smallest absolute Gasteiger partial charge is 0.222 e. The molecule has 0 amide bonds. The topological polar surface area (TPSA) is 18.5 Å². The van der Waals surface area contributed by atoms with Crippen LogP contribution in [0.2, 0.25) is 19.6 Å². The maximum atomic E-state index is 5.53. The molecule has 0 aliphatic heterocycles. The van der Waals surface area contributed by atoms with Crippen LogP contribution < -0.4 is 0 Å². The second-order valence-electron chi connectivity index (χ2n) is 4.66. The third kappa shape index (κ3) is 11.4. The van der Waals surface area contributed by atoms with E-state index in [9.17, 15) is 0 Å². The molecule has 3 heteroatoms. The molecule has 0 unspecified atom stereocenters. The van der Waals surface area contributed by atoms with E-state index < -0.39 is 14.4 Å². The third-order valence-corrected chi connectivity index (χ3v) is 2.62. The molecule has 0 saturated carbocycles. The Kier molecular flexibility index (Phi) is 8.79. The van der Waals surface area contributed by atoms with Gasteiger partial charge in [-0.1, -0.05) is 43.9 Å². The summed E-state index contributed by atoms with van der Waals surface area (Å²) in [5.74, 6) is 3.08. The summed E-state index contributed by atoms with van der Waals surface area (Å²) in [6.07, 6.45) is 7.38. The number of allylic oxidation sites excluding steroid dienone is 2. The highest BCUT2D eigenvalue weighted by molar-refractivity contribution is 6.83. The molecule has 0 rings (SSSR count). The minimum atomic E-state index is -1.37. The first kappa shape index (κ1) is 16.2. The van der Waals surface area contributed by atoms with E-state index >= 15 is 0 Å². The van der Waals surface area contributed by atoms with Crippen LogP contribution in [0.1, 0.15) is 13.8 Å². The van der Waals surface area contributed by atoms with Gasteiger partial charge in [0.25, 0.3) is 0 Å². The molecule has 17 heavy (non-hydrogen) atoms. The molecule has 0 aliphatic rings. The molecule has 0 aliphatic carbocycles. The molecule has 0 N–H and O–H groups in total. The van der Waals surface area contributed by atoms with Crippen LogP contribution in [0, 0.1) is 11.5 Å². The summed E-state index contributed by atoms with van der Waals surface area (Å²) in [5, 5.41) is 0. The molecule has 0 heterocycles. The van der Waals surface area contributed by atoms with Gasteiger partial charge in [-0.05, 0) is 19.8 Å². The fourth-order valence-corrected chi connectivity index (χ4v) is 1.44. The van der Waals surface area contributed by atoms with Gasteiger partial charge in [0, 0.05) is 0 Å². The van der Waals surface area contributed by atoms with Crippen LogP contribution >= 0.6 is 0 Å². The van der Waals surface area contributed by atoms with Gasteiger partial charge in [-0.25, -0.2) is 0 Å². The van der Waals surface area contributed by atoms with Crippen molar-refractivity contribution in [3.05, 3.63) is 24.3 Å². The fraction of sp³-hybridized carbons (Fsp3) is 0.571. The molecule has 0 saturated heterocycles. The molecule has 0 aromatic heterocycles. The largest absolute Gasteiger partial charge is 0.338 e. The maximum Gasteiger partial charge on any atom is 0.222 e. The van der Waals surface area contributed by atoms with Gasteiger partial charge < -0.3 is 9.47 Å². The predicted molar refractivity (Wildman–Crippen MR) is 76.4 cm³/mol. The van der Waals surface area contributed by atoms with Gasteiger partial charge in [-0.3, -0.25) is 0 Å². The molecule has 2 nitrogen and oxygen atoms in total. The van der Waals surface area contributed by atoms with Crippen molar-refractivity contribution in [1.82, 2.24) is 0 Å². The molecular weight excluding hydrogens is 228 g/mol. The zero-order chi connectivity index (χ0) is 13.1. The van der Waals surface area contributed by atoms with Crippen molar-refractivity contribution in [2.75, 3.05) is 13.2 Å². The van der Waals surface area contributed by atoms with Crippen molar-refractivity contribution >= 4 is 8.07 Å². The van der Waals surface area contributed by atoms with E-state index in [4.69, 9.17) is 9.47 Å². The van der Waals surface area contributed by atoms with Crippen LogP contribution in [0.5, 0.6) is 0 Å². The standard InChI is InChI=1S/C14H24O2Si/c1-6-8-11-15-14(16-12-9-7-2)10-13-17(3,4)5/h6-9,14H,11-12H2,1-5H3/b8-6+,9-7+. The van der Waals surface area contributed by atoms with E-state index in [2.05, 4.69) is 31.1 Å². The van der Waals surface area contributed by atoms with Gasteiger partial charge in [0.2, 0.25) is 6.29 Å². The van der Waals surface area contributed by atoms with Crippen molar-refractivity contribution in [2.45, 2.75) is 39.8 Å². The van der Waals surface area contributed by atoms with E-state index in [1.54, 1.807) is 0 Å². The van der Waals surface area contributed by atoms with Gasteiger partial charge in [-0.15, -0.1) is 5.54 Å². The predicted octanol–water partition coefficient (Wildman–Crippen LogP) is 3.38. The summed E-state index contributed by atoms with van der Waals surface area (Å²) in [6.45, 7) is 11.6. The van der Waals surface area contributed by atoms with Crippen LogP contribution in [0.4, 0.5) is 0 Å². The highest BCUT2D eigenvalue weighted by atomic mass is 28.3. The van der Waals surface area contributed by atoms with Gasteiger partial charge in [-0.2, -0.15) is 0 Å². The van der Waals surface area contributed by atoms with Gasteiger partial charge in [0.15, 0.2) is 0 Å². The molecule has 96 valence electrons. The first-order chi connectivity index (χ1) is 7.99. The SMILES string of the molecule is C/C=C/COC(C#C[Si](C)(C)C)OC/C=C/C. The van der Waals surface area contributed by atoms with Crippen LogP contribution in [0.3, 0.4) is 0 Å². The molecule has 0 bridgehead atoms. The fourth-order valence-electron chi connectivity index (χ4n) is 0.885. The summed E-state index contributed by atoms with van der Waals surface area (Å²) >= 11 is 0. The van der Waals surface area contributed by atoms with E-state index in [1.165, 1.54) is 0 Å². The van der Waals surface area contributed by atoms with Crippen molar-refractivity contribution in [2.24, 2.45) is 0 Å².